The van der Waals surface area contributed by atoms with Crippen molar-refractivity contribution in [3.63, 3.8) is 0 Å². The van der Waals surface area contributed by atoms with E-state index in [2.05, 4.69) is 5.32 Å². The fourth-order valence-electron chi connectivity index (χ4n) is 2.63. The highest BCUT2D eigenvalue weighted by molar-refractivity contribution is 5.64. The Labute approximate surface area is 126 Å². The van der Waals surface area contributed by atoms with E-state index >= 15 is 0 Å². The van der Waals surface area contributed by atoms with Crippen LogP contribution in [0, 0.1) is 6.92 Å². The van der Waals surface area contributed by atoms with Crippen LogP contribution in [0.25, 0.3) is 0 Å². The van der Waals surface area contributed by atoms with Gasteiger partial charge in [0.05, 0.1) is 19.0 Å². The predicted molar refractivity (Wildman–Crippen MR) is 83.5 cm³/mol. The molecule has 0 radical (unpaired) electrons. The number of nitrogens with one attached hydrogen (secondary N) is 1. The first kappa shape index (κ1) is 17.7. The molecule has 0 amide bonds. The molecule has 1 fully saturated rings. The summed E-state index contributed by atoms with van der Waals surface area (Å²) in [5.74, 6) is -1.87. The zero-order valence-electron chi connectivity index (χ0n) is 13.5. The van der Waals surface area contributed by atoms with E-state index < -0.39 is 5.92 Å². The van der Waals surface area contributed by atoms with Gasteiger partial charge in [0.25, 0.3) is 5.92 Å². The predicted octanol–water partition coefficient (Wildman–Crippen LogP) is 3.81. The first-order valence-corrected chi connectivity index (χ1v) is 7.44. The number of piperidine rings is 1. The van der Waals surface area contributed by atoms with Gasteiger partial charge in [0.15, 0.2) is 0 Å². The molecule has 1 N–H and O–H groups in total. The van der Waals surface area contributed by atoms with Crippen molar-refractivity contribution in [3.8, 4) is 5.75 Å². The molecule has 1 atom stereocenters. The Kier molecular flexibility index (Phi) is 6.40. The van der Waals surface area contributed by atoms with Gasteiger partial charge >= 0.3 is 0 Å². The second kappa shape index (κ2) is 7.59. The fraction of sp³-hybridized carbons (Fsp3) is 0.625. The van der Waals surface area contributed by atoms with Crippen LogP contribution in [-0.2, 0) is 0 Å². The first-order chi connectivity index (χ1) is 9.98. The second-order valence-electron chi connectivity index (χ2n) is 4.93. The smallest absolute Gasteiger partial charge is 0.253 e. The third kappa shape index (κ3) is 4.06. The largest absolute Gasteiger partial charge is 0.495 e. The van der Waals surface area contributed by atoms with Gasteiger partial charge in [0.2, 0.25) is 0 Å². The number of methoxy groups -OCH3 is 1. The maximum atomic E-state index is 13.5. The van der Waals surface area contributed by atoms with Crippen LogP contribution in [0.3, 0.4) is 0 Å². The number of nitrogens with zero attached hydrogens (tertiary/aromatic N) is 1. The van der Waals surface area contributed by atoms with Gasteiger partial charge in [0.1, 0.15) is 5.75 Å². The Morgan fingerprint density at radius 2 is 2.00 bits per heavy atom. The fourth-order valence-corrected chi connectivity index (χ4v) is 2.63. The zero-order valence-corrected chi connectivity index (χ0v) is 13.5. The Hall–Kier alpha value is -1.36. The lowest BCUT2D eigenvalue weighted by Gasteiger charge is -2.41. The van der Waals surface area contributed by atoms with Crippen molar-refractivity contribution in [1.82, 2.24) is 5.32 Å². The van der Waals surface area contributed by atoms with Crippen molar-refractivity contribution >= 4 is 5.69 Å². The number of para-hydroxylation sites is 1. The Balaban J connectivity index is 0.00000106. The third-order valence-corrected chi connectivity index (χ3v) is 3.63. The van der Waals surface area contributed by atoms with Crippen LogP contribution in [0.15, 0.2) is 18.2 Å². The molecule has 1 aliphatic rings. The number of hydrogen-bond acceptors (Lipinski definition) is 3. The van der Waals surface area contributed by atoms with Crippen LogP contribution < -0.4 is 15.0 Å². The van der Waals surface area contributed by atoms with Crippen molar-refractivity contribution in [2.75, 3.05) is 25.6 Å². The van der Waals surface area contributed by atoms with E-state index in [1.54, 1.807) is 14.2 Å². The Morgan fingerprint density at radius 1 is 1.33 bits per heavy atom. The van der Waals surface area contributed by atoms with E-state index in [1.165, 1.54) is 0 Å². The number of ether oxygens (including phenoxy) is 1. The van der Waals surface area contributed by atoms with Crippen LogP contribution in [0.5, 0.6) is 5.75 Å². The number of benzene rings is 1. The van der Waals surface area contributed by atoms with Gasteiger partial charge in [-0.1, -0.05) is 26.0 Å². The molecule has 2 rings (SSSR count). The minimum absolute atomic E-state index is 0.122. The molecule has 120 valence electrons. The molecule has 1 heterocycles. The first-order valence-electron chi connectivity index (χ1n) is 7.44. The summed E-state index contributed by atoms with van der Waals surface area (Å²) < 4.78 is 32.4. The highest BCUT2D eigenvalue weighted by Gasteiger charge is 2.40. The summed E-state index contributed by atoms with van der Waals surface area (Å²) in [4.78, 5) is 1.98. The monoisotopic (exact) mass is 300 g/mol. The maximum Gasteiger partial charge on any atom is 0.253 e. The average Bonchev–Trinajstić information content (AvgIpc) is 2.48. The summed E-state index contributed by atoms with van der Waals surface area (Å²) in [7, 11) is 3.31. The van der Waals surface area contributed by atoms with Crippen molar-refractivity contribution in [3.05, 3.63) is 23.8 Å². The average molecular weight is 300 g/mol. The number of anilines is 1. The standard InChI is InChI=1S/C14H20F2N2O.C2H6/c1-10-5-4-6-11(19-3)13(10)18-8-7-14(15,16)9-12(18)17-2;1-2/h4-6,12,17H,7-9H2,1-3H3;1-2H3. The summed E-state index contributed by atoms with van der Waals surface area (Å²) in [5.41, 5.74) is 1.93. The molecule has 5 heteroatoms. The summed E-state index contributed by atoms with van der Waals surface area (Å²) >= 11 is 0. The van der Waals surface area contributed by atoms with Gasteiger partial charge in [-0.05, 0) is 25.6 Å². The number of hydrogen-bond donors (Lipinski definition) is 1. The van der Waals surface area contributed by atoms with Crippen LogP contribution >= 0.6 is 0 Å². The lowest BCUT2D eigenvalue weighted by atomic mass is 10.0. The summed E-state index contributed by atoms with van der Waals surface area (Å²) in [6.07, 6.45) is -0.678. The molecule has 1 aliphatic heterocycles. The van der Waals surface area contributed by atoms with Crippen LogP contribution in [-0.4, -0.2) is 32.8 Å². The van der Waals surface area contributed by atoms with E-state index in [0.717, 1.165) is 17.0 Å². The van der Waals surface area contributed by atoms with E-state index in [9.17, 15) is 8.78 Å². The van der Waals surface area contributed by atoms with Crippen LogP contribution in [0.4, 0.5) is 14.5 Å². The molecule has 0 aromatic heterocycles. The highest BCUT2D eigenvalue weighted by Crippen LogP contribution is 2.39. The molecular formula is C16H26F2N2O. The molecule has 1 aromatic rings. The van der Waals surface area contributed by atoms with E-state index in [1.807, 2.05) is 43.9 Å². The molecular weight excluding hydrogens is 274 g/mol. The number of halogens is 2. The lowest BCUT2D eigenvalue weighted by molar-refractivity contribution is -0.0366. The summed E-state index contributed by atoms with van der Waals surface area (Å²) in [5, 5.41) is 2.98. The van der Waals surface area contributed by atoms with E-state index in [-0.39, 0.29) is 19.0 Å². The van der Waals surface area contributed by atoms with E-state index in [0.29, 0.717) is 6.54 Å². The SMILES string of the molecule is CC.CNC1CC(F)(F)CCN1c1c(C)cccc1OC. The molecule has 21 heavy (non-hydrogen) atoms. The minimum atomic E-state index is -2.60. The Morgan fingerprint density at radius 3 is 2.57 bits per heavy atom. The number of rotatable bonds is 3. The van der Waals surface area contributed by atoms with Gasteiger partial charge in [-0.3, -0.25) is 0 Å². The van der Waals surface area contributed by atoms with Crippen molar-refractivity contribution in [2.24, 2.45) is 0 Å². The molecule has 0 saturated carbocycles. The summed E-state index contributed by atoms with van der Waals surface area (Å²) in [6, 6.07) is 5.74. The van der Waals surface area contributed by atoms with Crippen molar-refractivity contribution < 1.29 is 13.5 Å². The molecule has 1 saturated heterocycles. The zero-order chi connectivity index (χ0) is 16.0. The molecule has 1 aromatic carbocycles. The van der Waals surface area contributed by atoms with Gasteiger partial charge in [-0.15, -0.1) is 0 Å². The van der Waals surface area contributed by atoms with Gasteiger partial charge < -0.3 is 15.0 Å². The summed E-state index contributed by atoms with van der Waals surface area (Å²) in [6.45, 7) is 6.29. The number of alkyl halides is 2. The number of aryl methyl sites for hydroxylation is 1. The van der Waals surface area contributed by atoms with Crippen molar-refractivity contribution in [2.45, 2.75) is 45.7 Å². The van der Waals surface area contributed by atoms with Gasteiger partial charge in [0, 0.05) is 19.4 Å². The normalized spacial score (nSPS) is 20.5. The topological polar surface area (TPSA) is 24.5 Å². The van der Waals surface area contributed by atoms with Gasteiger partial charge in [-0.2, -0.15) is 0 Å². The highest BCUT2D eigenvalue weighted by atomic mass is 19.3. The minimum Gasteiger partial charge on any atom is -0.495 e. The lowest BCUT2D eigenvalue weighted by Crippen LogP contribution is -2.53. The quantitative estimate of drug-likeness (QED) is 0.918. The van der Waals surface area contributed by atoms with Crippen LogP contribution in [0.1, 0.15) is 32.3 Å². The van der Waals surface area contributed by atoms with Crippen molar-refractivity contribution in [1.29, 1.82) is 0 Å². The molecule has 1 unspecified atom stereocenters. The second-order valence-corrected chi connectivity index (χ2v) is 4.93. The van der Waals surface area contributed by atoms with E-state index in [4.69, 9.17) is 4.74 Å². The molecule has 0 bridgehead atoms. The molecule has 3 nitrogen and oxygen atoms in total. The Bertz CT molecular complexity index is 452. The molecule has 0 aliphatic carbocycles. The van der Waals surface area contributed by atoms with Crippen LogP contribution in [0.2, 0.25) is 0 Å². The van der Waals surface area contributed by atoms with Gasteiger partial charge in [-0.25, -0.2) is 8.78 Å². The molecule has 0 spiro atoms. The maximum absolute atomic E-state index is 13.5. The third-order valence-electron chi connectivity index (χ3n) is 3.63.